The molecule has 0 spiro atoms. The monoisotopic (exact) mass is 428 g/mol. The first-order valence-electron chi connectivity index (χ1n) is 8.74. The molecule has 27 heavy (non-hydrogen) atoms. The molecule has 0 unspecified atom stereocenters. The molecule has 1 saturated carbocycles. The van der Waals surface area contributed by atoms with Crippen molar-refractivity contribution in [1.82, 2.24) is 0 Å². The van der Waals surface area contributed by atoms with Gasteiger partial charge in [-0.25, -0.2) is 0 Å². The highest BCUT2D eigenvalue weighted by Gasteiger charge is 2.29. The van der Waals surface area contributed by atoms with Crippen LogP contribution in [-0.2, 0) is 4.79 Å². The standard InChI is InChI=1S/C21H21BrN2O3/c1-3-11-27-19-10-9-15(12-16(19)22)21(26)24-18-6-4-5-17(13(18)2)23-20(25)14-7-8-14/h3-6,9-10,12,14H,1,7-8,11H2,2H3,(H,23,25)(H,24,26). The van der Waals surface area contributed by atoms with Crippen molar-refractivity contribution in [1.29, 1.82) is 0 Å². The molecular weight excluding hydrogens is 408 g/mol. The summed E-state index contributed by atoms with van der Waals surface area (Å²) >= 11 is 3.42. The molecule has 0 bridgehead atoms. The molecule has 0 heterocycles. The summed E-state index contributed by atoms with van der Waals surface area (Å²) in [5, 5.41) is 5.85. The minimum absolute atomic E-state index is 0.0422. The van der Waals surface area contributed by atoms with E-state index in [2.05, 4.69) is 33.1 Å². The number of benzene rings is 2. The summed E-state index contributed by atoms with van der Waals surface area (Å²) in [6.45, 7) is 5.88. The number of hydrogen-bond donors (Lipinski definition) is 2. The molecule has 140 valence electrons. The molecule has 2 aromatic carbocycles. The maximum atomic E-state index is 12.6. The number of carbonyl (C=O) groups is 2. The largest absolute Gasteiger partial charge is 0.488 e. The number of ether oxygens (including phenoxy) is 1. The molecule has 0 atom stereocenters. The van der Waals surface area contributed by atoms with Crippen LogP contribution in [0.4, 0.5) is 11.4 Å². The third kappa shape index (κ3) is 4.77. The first-order chi connectivity index (χ1) is 13.0. The Labute approximate surface area is 166 Å². The topological polar surface area (TPSA) is 67.4 Å². The van der Waals surface area contributed by atoms with Crippen LogP contribution in [0.15, 0.2) is 53.5 Å². The second kappa shape index (κ2) is 8.39. The van der Waals surface area contributed by atoms with Crippen LogP contribution < -0.4 is 15.4 Å². The van der Waals surface area contributed by atoms with Crippen molar-refractivity contribution in [3.63, 3.8) is 0 Å². The Morgan fingerprint density at radius 3 is 2.56 bits per heavy atom. The summed E-state index contributed by atoms with van der Waals surface area (Å²) in [5.41, 5.74) is 2.71. The van der Waals surface area contributed by atoms with Gasteiger partial charge < -0.3 is 15.4 Å². The second-order valence-electron chi connectivity index (χ2n) is 6.44. The van der Waals surface area contributed by atoms with Gasteiger partial charge in [0.15, 0.2) is 0 Å². The molecular formula is C21H21BrN2O3. The van der Waals surface area contributed by atoms with Gasteiger partial charge >= 0.3 is 0 Å². The lowest BCUT2D eigenvalue weighted by Gasteiger charge is -2.14. The molecule has 0 aliphatic heterocycles. The van der Waals surface area contributed by atoms with E-state index in [1.54, 1.807) is 24.3 Å². The molecule has 1 aliphatic carbocycles. The van der Waals surface area contributed by atoms with Gasteiger partial charge in [-0.1, -0.05) is 18.7 Å². The van der Waals surface area contributed by atoms with Gasteiger partial charge in [0, 0.05) is 22.9 Å². The van der Waals surface area contributed by atoms with Crippen molar-refractivity contribution in [3.05, 3.63) is 64.7 Å². The fourth-order valence-corrected chi connectivity index (χ4v) is 3.08. The number of hydrogen-bond acceptors (Lipinski definition) is 3. The molecule has 2 aromatic rings. The van der Waals surface area contributed by atoms with Gasteiger partial charge in [-0.15, -0.1) is 0 Å². The second-order valence-corrected chi connectivity index (χ2v) is 7.29. The lowest BCUT2D eigenvalue weighted by molar-refractivity contribution is -0.117. The fourth-order valence-electron chi connectivity index (χ4n) is 2.59. The third-order valence-electron chi connectivity index (χ3n) is 4.34. The molecule has 2 N–H and O–H groups in total. The maximum Gasteiger partial charge on any atom is 0.255 e. The maximum absolute atomic E-state index is 12.6. The first kappa shape index (κ1) is 19.2. The van der Waals surface area contributed by atoms with Gasteiger partial charge in [0.05, 0.1) is 4.47 Å². The number of rotatable bonds is 7. The number of anilines is 2. The van der Waals surface area contributed by atoms with Gasteiger partial charge in [0.1, 0.15) is 12.4 Å². The Morgan fingerprint density at radius 2 is 1.93 bits per heavy atom. The number of carbonyl (C=O) groups excluding carboxylic acids is 2. The number of amides is 2. The van der Waals surface area contributed by atoms with Crippen LogP contribution in [0.25, 0.3) is 0 Å². The predicted molar refractivity (Wildman–Crippen MR) is 110 cm³/mol. The van der Waals surface area contributed by atoms with E-state index >= 15 is 0 Å². The lowest BCUT2D eigenvalue weighted by atomic mass is 10.1. The van der Waals surface area contributed by atoms with E-state index in [9.17, 15) is 9.59 Å². The molecule has 6 heteroatoms. The van der Waals surface area contributed by atoms with E-state index in [1.165, 1.54) is 0 Å². The average Bonchev–Trinajstić information content (AvgIpc) is 3.49. The van der Waals surface area contributed by atoms with Crippen molar-refractivity contribution in [2.24, 2.45) is 5.92 Å². The zero-order chi connectivity index (χ0) is 19.4. The third-order valence-corrected chi connectivity index (χ3v) is 4.96. The predicted octanol–water partition coefficient (Wildman–Crippen LogP) is 4.92. The summed E-state index contributed by atoms with van der Waals surface area (Å²) in [5.74, 6) is 0.578. The van der Waals surface area contributed by atoms with Gasteiger partial charge in [0.25, 0.3) is 5.91 Å². The molecule has 2 amide bonds. The minimum Gasteiger partial charge on any atom is -0.488 e. The van der Waals surface area contributed by atoms with Crippen LogP contribution in [0.5, 0.6) is 5.75 Å². The van der Waals surface area contributed by atoms with E-state index < -0.39 is 0 Å². The Hall–Kier alpha value is -2.60. The van der Waals surface area contributed by atoms with E-state index in [-0.39, 0.29) is 17.7 Å². The zero-order valence-corrected chi connectivity index (χ0v) is 16.6. The normalized spacial score (nSPS) is 13.0. The molecule has 1 aliphatic rings. The summed E-state index contributed by atoms with van der Waals surface area (Å²) in [6.07, 6.45) is 3.55. The minimum atomic E-state index is -0.236. The summed E-state index contributed by atoms with van der Waals surface area (Å²) in [4.78, 5) is 24.6. The zero-order valence-electron chi connectivity index (χ0n) is 15.0. The van der Waals surface area contributed by atoms with E-state index in [1.807, 2.05) is 25.1 Å². The van der Waals surface area contributed by atoms with Crippen molar-refractivity contribution in [2.75, 3.05) is 17.2 Å². The number of halogens is 1. The van der Waals surface area contributed by atoms with E-state index in [4.69, 9.17) is 4.74 Å². The van der Waals surface area contributed by atoms with Crippen LogP contribution in [0, 0.1) is 12.8 Å². The molecule has 3 rings (SSSR count). The Morgan fingerprint density at radius 1 is 1.22 bits per heavy atom. The van der Waals surface area contributed by atoms with Crippen LogP contribution >= 0.6 is 15.9 Å². The van der Waals surface area contributed by atoms with Crippen LogP contribution in [0.2, 0.25) is 0 Å². The quantitative estimate of drug-likeness (QED) is 0.614. The molecule has 5 nitrogen and oxygen atoms in total. The highest BCUT2D eigenvalue weighted by molar-refractivity contribution is 9.10. The fraction of sp³-hybridized carbons (Fsp3) is 0.238. The Bertz CT molecular complexity index is 891. The van der Waals surface area contributed by atoms with Crippen molar-refractivity contribution >= 4 is 39.1 Å². The Kier molecular flexibility index (Phi) is 5.96. The highest BCUT2D eigenvalue weighted by atomic mass is 79.9. The van der Waals surface area contributed by atoms with E-state index in [0.29, 0.717) is 28.1 Å². The molecule has 1 fully saturated rings. The molecule has 0 saturated heterocycles. The summed E-state index contributed by atoms with van der Waals surface area (Å²) in [6, 6.07) is 10.6. The van der Waals surface area contributed by atoms with Crippen molar-refractivity contribution in [3.8, 4) is 5.75 Å². The first-order valence-corrected chi connectivity index (χ1v) is 9.54. The summed E-state index contributed by atoms with van der Waals surface area (Å²) < 4.78 is 6.19. The average molecular weight is 429 g/mol. The van der Waals surface area contributed by atoms with Gasteiger partial charge in [-0.05, 0) is 71.6 Å². The van der Waals surface area contributed by atoms with Crippen LogP contribution in [0.1, 0.15) is 28.8 Å². The molecule has 0 aromatic heterocycles. The smallest absolute Gasteiger partial charge is 0.255 e. The van der Waals surface area contributed by atoms with Crippen molar-refractivity contribution in [2.45, 2.75) is 19.8 Å². The van der Waals surface area contributed by atoms with E-state index in [0.717, 1.165) is 24.1 Å². The number of nitrogens with one attached hydrogen (secondary N) is 2. The van der Waals surface area contributed by atoms with Gasteiger partial charge in [-0.2, -0.15) is 0 Å². The molecule has 0 radical (unpaired) electrons. The van der Waals surface area contributed by atoms with Gasteiger partial charge in [0.2, 0.25) is 5.91 Å². The van der Waals surface area contributed by atoms with Crippen molar-refractivity contribution < 1.29 is 14.3 Å². The SMILES string of the molecule is C=CCOc1ccc(C(=O)Nc2cccc(NC(=O)C3CC3)c2C)cc1Br. The highest BCUT2D eigenvalue weighted by Crippen LogP contribution is 2.32. The lowest BCUT2D eigenvalue weighted by Crippen LogP contribution is -2.16. The van der Waals surface area contributed by atoms with Crippen LogP contribution in [-0.4, -0.2) is 18.4 Å². The van der Waals surface area contributed by atoms with Gasteiger partial charge in [-0.3, -0.25) is 9.59 Å². The Balaban J connectivity index is 1.72. The van der Waals surface area contributed by atoms with Crippen LogP contribution in [0.3, 0.4) is 0 Å². The summed E-state index contributed by atoms with van der Waals surface area (Å²) in [7, 11) is 0.